The van der Waals surface area contributed by atoms with Gasteiger partial charge in [0.2, 0.25) is 6.79 Å². The number of para-hydroxylation sites is 1. The first-order chi connectivity index (χ1) is 11.7. The molecule has 1 fully saturated rings. The Morgan fingerprint density at radius 1 is 1.21 bits per heavy atom. The molecule has 1 atom stereocenters. The number of carbonyl (C=O) groups is 1. The minimum Gasteiger partial charge on any atom is -0.454 e. The van der Waals surface area contributed by atoms with Crippen molar-refractivity contribution in [2.24, 2.45) is 0 Å². The van der Waals surface area contributed by atoms with Gasteiger partial charge in [0, 0.05) is 16.8 Å². The molecule has 2 aliphatic heterocycles. The molecule has 0 spiro atoms. The van der Waals surface area contributed by atoms with Gasteiger partial charge in [-0.2, -0.15) is 0 Å². The van der Waals surface area contributed by atoms with Crippen molar-refractivity contribution in [2.45, 2.75) is 5.37 Å². The van der Waals surface area contributed by atoms with Crippen LogP contribution in [-0.4, -0.2) is 30.0 Å². The van der Waals surface area contributed by atoms with Crippen LogP contribution < -0.4 is 14.8 Å². The van der Waals surface area contributed by atoms with Gasteiger partial charge in [0.05, 0.1) is 5.69 Å². The Kier molecular flexibility index (Phi) is 4.28. The van der Waals surface area contributed by atoms with E-state index in [0.29, 0.717) is 6.54 Å². The van der Waals surface area contributed by atoms with Gasteiger partial charge in [-0.15, -0.1) is 11.8 Å². The molecule has 0 aliphatic carbocycles. The molecule has 5 nitrogen and oxygen atoms in total. The molecule has 2 heterocycles. The van der Waals surface area contributed by atoms with Crippen LogP contribution in [0.15, 0.2) is 46.9 Å². The van der Waals surface area contributed by atoms with Gasteiger partial charge in [-0.3, -0.25) is 0 Å². The average Bonchev–Trinajstić information content (AvgIpc) is 3.25. The molecule has 1 saturated heterocycles. The summed E-state index contributed by atoms with van der Waals surface area (Å²) in [5.41, 5.74) is 1.81. The van der Waals surface area contributed by atoms with Crippen molar-refractivity contribution in [1.82, 2.24) is 4.90 Å². The molecule has 124 valence electrons. The first kappa shape index (κ1) is 15.7. The van der Waals surface area contributed by atoms with E-state index in [9.17, 15) is 4.79 Å². The summed E-state index contributed by atoms with van der Waals surface area (Å²) in [6.07, 6.45) is 0. The van der Waals surface area contributed by atoms with E-state index in [1.165, 1.54) is 0 Å². The van der Waals surface area contributed by atoms with Crippen LogP contribution in [-0.2, 0) is 0 Å². The van der Waals surface area contributed by atoms with Crippen LogP contribution in [0.2, 0.25) is 0 Å². The Balaban J connectivity index is 1.54. The second-order valence-corrected chi connectivity index (χ2v) is 7.48. The van der Waals surface area contributed by atoms with E-state index in [-0.39, 0.29) is 18.2 Å². The number of fused-ring (bicyclic) bond motifs is 1. The summed E-state index contributed by atoms with van der Waals surface area (Å²) in [7, 11) is 0. The lowest BCUT2D eigenvalue weighted by Crippen LogP contribution is -2.34. The fraction of sp³-hybridized carbons (Fsp3) is 0.235. The monoisotopic (exact) mass is 406 g/mol. The van der Waals surface area contributed by atoms with E-state index < -0.39 is 0 Å². The number of rotatable bonds is 2. The summed E-state index contributed by atoms with van der Waals surface area (Å²) in [5.74, 6) is 2.40. The van der Waals surface area contributed by atoms with Gasteiger partial charge in [-0.25, -0.2) is 4.79 Å². The third-order valence-electron chi connectivity index (χ3n) is 3.95. The number of hydrogen-bond donors (Lipinski definition) is 1. The van der Waals surface area contributed by atoms with Gasteiger partial charge in [0.15, 0.2) is 11.5 Å². The summed E-state index contributed by atoms with van der Waals surface area (Å²) in [6.45, 7) is 0.961. The minimum atomic E-state index is -0.102. The smallest absolute Gasteiger partial charge is 0.323 e. The number of amides is 2. The molecule has 2 amide bonds. The topological polar surface area (TPSA) is 50.8 Å². The number of ether oxygens (including phenoxy) is 2. The summed E-state index contributed by atoms with van der Waals surface area (Å²) >= 11 is 5.21. The first-order valence-electron chi connectivity index (χ1n) is 7.56. The van der Waals surface area contributed by atoms with Crippen LogP contribution >= 0.6 is 27.7 Å². The number of nitrogens with one attached hydrogen (secondary N) is 1. The highest BCUT2D eigenvalue weighted by atomic mass is 79.9. The molecule has 1 N–H and O–H groups in total. The predicted octanol–water partition coefficient (Wildman–Crippen LogP) is 4.46. The highest BCUT2D eigenvalue weighted by molar-refractivity contribution is 9.10. The SMILES string of the molecule is O=C(Nc1ccccc1Br)N1CCSC1c1ccc2c(c1)OCO2. The number of nitrogens with zero attached hydrogens (tertiary/aromatic N) is 1. The number of anilines is 1. The molecule has 2 aromatic carbocycles. The molecule has 0 saturated carbocycles. The summed E-state index contributed by atoms with van der Waals surface area (Å²) in [6, 6.07) is 13.4. The van der Waals surface area contributed by atoms with Crippen LogP contribution in [0, 0.1) is 0 Å². The lowest BCUT2D eigenvalue weighted by molar-refractivity contribution is 0.174. The normalized spacial score (nSPS) is 18.7. The molecular weight excluding hydrogens is 392 g/mol. The number of urea groups is 1. The fourth-order valence-corrected chi connectivity index (χ4v) is 4.40. The van der Waals surface area contributed by atoms with E-state index in [4.69, 9.17) is 9.47 Å². The number of thioether (sulfide) groups is 1. The maximum Gasteiger partial charge on any atom is 0.323 e. The lowest BCUT2D eigenvalue weighted by Gasteiger charge is -2.24. The number of hydrogen-bond acceptors (Lipinski definition) is 4. The zero-order valence-electron chi connectivity index (χ0n) is 12.7. The maximum absolute atomic E-state index is 12.7. The van der Waals surface area contributed by atoms with Crippen LogP contribution in [0.5, 0.6) is 11.5 Å². The minimum absolute atomic E-state index is 0.0259. The van der Waals surface area contributed by atoms with Crippen molar-refractivity contribution in [3.63, 3.8) is 0 Å². The molecule has 1 unspecified atom stereocenters. The third-order valence-corrected chi connectivity index (χ3v) is 5.90. The molecule has 4 rings (SSSR count). The van der Waals surface area contributed by atoms with Crippen LogP contribution in [0.1, 0.15) is 10.9 Å². The highest BCUT2D eigenvalue weighted by Gasteiger charge is 2.32. The quantitative estimate of drug-likeness (QED) is 0.799. The van der Waals surface area contributed by atoms with Crippen molar-refractivity contribution < 1.29 is 14.3 Å². The molecule has 7 heteroatoms. The van der Waals surface area contributed by atoms with Gasteiger partial charge in [0.1, 0.15) is 5.37 Å². The van der Waals surface area contributed by atoms with Gasteiger partial charge >= 0.3 is 6.03 Å². The molecule has 2 aromatic rings. The van der Waals surface area contributed by atoms with Gasteiger partial charge in [-0.05, 0) is 45.8 Å². The van der Waals surface area contributed by atoms with E-state index in [1.807, 2.05) is 47.4 Å². The molecular formula is C17H15BrN2O3S. The van der Waals surface area contributed by atoms with Crippen molar-refractivity contribution in [1.29, 1.82) is 0 Å². The predicted molar refractivity (Wildman–Crippen MR) is 97.6 cm³/mol. The van der Waals surface area contributed by atoms with E-state index >= 15 is 0 Å². The lowest BCUT2D eigenvalue weighted by atomic mass is 10.2. The molecule has 2 aliphatic rings. The van der Waals surface area contributed by atoms with Crippen molar-refractivity contribution in [2.75, 3.05) is 24.4 Å². The van der Waals surface area contributed by atoms with Gasteiger partial charge in [-0.1, -0.05) is 18.2 Å². The molecule has 0 radical (unpaired) electrons. The van der Waals surface area contributed by atoms with E-state index in [1.54, 1.807) is 11.8 Å². The number of halogens is 1. The zero-order valence-corrected chi connectivity index (χ0v) is 15.1. The standard InChI is InChI=1S/C17H15BrN2O3S/c18-12-3-1-2-4-13(12)19-17(21)20-7-8-24-16(20)11-5-6-14-15(9-11)23-10-22-14/h1-6,9,16H,7-8,10H2,(H,19,21). The fourth-order valence-electron chi connectivity index (χ4n) is 2.77. The average molecular weight is 407 g/mol. The third kappa shape index (κ3) is 2.93. The van der Waals surface area contributed by atoms with Gasteiger partial charge in [0.25, 0.3) is 0 Å². The maximum atomic E-state index is 12.7. The Morgan fingerprint density at radius 2 is 2.04 bits per heavy atom. The van der Waals surface area contributed by atoms with Crippen LogP contribution in [0.25, 0.3) is 0 Å². The van der Waals surface area contributed by atoms with Crippen molar-refractivity contribution in [3.8, 4) is 11.5 Å². The molecule has 0 aromatic heterocycles. The Bertz CT molecular complexity index is 786. The van der Waals surface area contributed by atoms with E-state index in [0.717, 1.165) is 33.0 Å². The molecule has 24 heavy (non-hydrogen) atoms. The van der Waals surface area contributed by atoms with E-state index in [2.05, 4.69) is 21.2 Å². The number of carbonyl (C=O) groups excluding carboxylic acids is 1. The Hall–Kier alpha value is -1.86. The summed E-state index contributed by atoms with van der Waals surface area (Å²) < 4.78 is 11.7. The largest absolute Gasteiger partial charge is 0.454 e. The highest BCUT2D eigenvalue weighted by Crippen LogP contribution is 2.42. The first-order valence-corrected chi connectivity index (χ1v) is 9.40. The van der Waals surface area contributed by atoms with Crippen LogP contribution in [0.3, 0.4) is 0 Å². The van der Waals surface area contributed by atoms with Crippen molar-refractivity contribution in [3.05, 3.63) is 52.5 Å². The second kappa shape index (κ2) is 6.57. The van der Waals surface area contributed by atoms with Crippen LogP contribution in [0.4, 0.5) is 10.5 Å². The Morgan fingerprint density at radius 3 is 2.92 bits per heavy atom. The summed E-state index contributed by atoms with van der Waals surface area (Å²) in [5, 5.41) is 2.95. The summed E-state index contributed by atoms with van der Waals surface area (Å²) in [4.78, 5) is 14.6. The molecule has 0 bridgehead atoms. The number of benzene rings is 2. The Labute approximate surface area is 152 Å². The van der Waals surface area contributed by atoms with Crippen molar-refractivity contribution >= 4 is 39.4 Å². The van der Waals surface area contributed by atoms with Gasteiger partial charge < -0.3 is 19.7 Å². The second-order valence-electron chi connectivity index (χ2n) is 5.44. The zero-order chi connectivity index (χ0) is 16.5.